The molecule has 1 saturated heterocycles. The van der Waals surface area contributed by atoms with Crippen LogP contribution in [0.3, 0.4) is 0 Å². The molecule has 1 aliphatic rings. The third kappa shape index (κ3) is 5.16. The van der Waals surface area contributed by atoms with Crippen LogP contribution < -0.4 is 10.6 Å². The molecule has 1 unspecified atom stereocenters. The Morgan fingerprint density at radius 2 is 2.00 bits per heavy atom. The van der Waals surface area contributed by atoms with Crippen molar-refractivity contribution in [1.29, 1.82) is 0 Å². The third-order valence-electron chi connectivity index (χ3n) is 3.96. The molecule has 0 bridgehead atoms. The zero-order valence-electron chi connectivity index (χ0n) is 13.5. The first-order valence-corrected chi connectivity index (χ1v) is 8.04. The number of rotatable bonds is 4. The summed E-state index contributed by atoms with van der Waals surface area (Å²) >= 11 is 0. The molecule has 2 rings (SSSR count). The van der Waals surface area contributed by atoms with E-state index in [0.29, 0.717) is 0 Å². The van der Waals surface area contributed by atoms with Gasteiger partial charge in [0.15, 0.2) is 0 Å². The summed E-state index contributed by atoms with van der Waals surface area (Å²) in [6.45, 7) is 7.60. The second-order valence-electron chi connectivity index (χ2n) is 7.24. The monoisotopic (exact) mass is 288 g/mol. The molecule has 0 aliphatic carbocycles. The van der Waals surface area contributed by atoms with E-state index in [1.165, 1.54) is 12.0 Å². The van der Waals surface area contributed by atoms with Gasteiger partial charge in [-0.1, -0.05) is 57.5 Å². The molecule has 2 atom stereocenters. The van der Waals surface area contributed by atoms with Crippen LogP contribution in [0.1, 0.15) is 58.1 Å². The lowest BCUT2D eigenvalue weighted by atomic mass is 9.85. The predicted molar refractivity (Wildman–Crippen MR) is 87.0 cm³/mol. The van der Waals surface area contributed by atoms with Gasteiger partial charge in [0.1, 0.15) is 0 Å². The van der Waals surface area contributed by atoms with E-state index in [1.807, 2.05) is 18.2 Å². The summed E-state index contributed by atoms with van der Waals surface area (Å²) < 4.78 is 0. The van der Waals surface area contributed by atoms with Gasteiger partial charge in [-0.25, -0.2) is 0 Å². The number of carbonyl (C=O) groups excluding carboxylic acids is 1. The van der Waals surface area contributed by atoms with Crippen LogP contribution in [0, 0.1) is 5.41 Å². The van der Waals surface area contributed by atoms with Gasteiger partial charge in [0, 0.05) is 0 Å². The quantitative estimate of drug-likeness (QED) is 0.891. The molecule has 1 fully saturated rings. The second-order valence-corrected chi connectivity index (χ2v) is 7.24. The fourth-order valence-corrected chi connectivity index (χ4v) is 2.90. The molecule has 1 aromatic rings. The summed E-state index contributed by atoms with van der Waals surface area (Å²) in [6, 6.07) is 10.4. The summed E-state index contributed by atoms with van der Waals surface area (Å²) in [5.41, 5.74) is 1.37. The lowest BCUT2D eigenvalue weighted by Crippen LogP contribution is -2.47. The van der Waals surface area contributed by atoms with E-state index in [-0.39, 0.29) is 23.4 Å². The van der Waals surface area contributed by atoms with Gasteiger partial charge in [-0.15, -0.1) is 0 Å². The molecule has 0 aromatic heterocycles. The van der Waals surface area contributed by atoms with Gasteiger partial charge in [0.05, 0.1) is 12.1 Å². The Morgan fingerprint density at radius 1 is 1.29 bits per heavy atom. The van der Waals surface area contributed by atoms with Crippen molar-refractivity contribution >= 4 is 5.91 Å². The Bertz CT molecular complexity index is 444. The molecule has 2 N–H and O–H groups in total. The number of hydrogen-bond acceptors (Lipinski definition) is 2. The predicted octanol–water partition coefficient (Wildman–Crippen LogP) is 3.42. The van der Waals surface area contributed by atoms with Crippen LogP contribution in [0.5, 0.6) is 0 Å². The van der Waals surface area contributed by atoms with Crippen molar-refractivity contribution in [3.63, 3.8) is 0 Å². The average molecular weight is 288 g/mol. The number of nitrogens with one attached hydrogen (secondary N) is 2. The van der Waals surface area contributed by atoms with Gasteiger partial charge >= 0.3 is 0 Å². The molecule has 3 nitrogen and oxygen atoms in total. The molecule has 21 heavy (non-hydrogen) atoms. The largest absolute Gasteiger partial charge is 0.348 e. The summed E-state index contributed by atoms with van der Waals surface area (Å²) in [7, 11) is 0. The van der Waals surface area contributed by atoms with E-state index in [1.54, 1.807) is 0 Å². The number of benzene rings is 1. The number of piperidine rings is 1. The van der Waals surface area contributed by atoms with E-state index in [9.17, 15) is 4.79 Å². The van der Waals surface area contributed by atoms with E-state index >= 15 is 0 Å². The normalized spacial score (nSPS) is 20.8. The van der Waals surface area contributed by atoms with E-state index in [2.05, 4.69) is 43.5 Å². The highest BCUT2D eigenvalue weighted by Gasteiger charge is 2.26. The van der Waals surface area contributed by atoms with Crippen molar-refractivity contribution < 1.29 is 4.79 Å². The van der Waals surface area contributed by atoms with E-state index < -0.39 is 0 Å². The minimum Gasteiger partial charge on any atom is -0.348 e. The Morgan fingerprint density at radius 3 is 2.57 bits per heavy atom. The first-order valence-electron chi connectivity index (χ1n) is 8.04. The summed E-state index contributed by atoms with van der Waals surface area (Å²) in [4.78, 5) is 12.5. The molecule has 116 valence electrons. The first-order chi connectivity index (χ1) is 9.96. The zero-order valence-corrected chi connectivity index (χ0v) is 13.5. The van der Waals surface area contributed by atoms with Crippen LogP contribution in [-0.4, -0.2) is 18.5 Å². The fourth-order valence-electron chi connectivity index (χ4n) is 2.90. The minimum atomic E-state index is -0.0232. The van der Waals surface area contributed by atoms with Crippen molar-refractivity contribution in [1.82, 2.24) is 10.6 Å². The van der Waals surface area contributed by atoms with Gasteiger partial charge in [-0.3, -0.25) is 4.79 Å². The Kier molecular flexibility index (Phi) is 5.40. The van der Waals surface area contributed by atoms with Crippen LogP contribution in [0.25, 0.3) is 0 Å². The lowest BCUT2D eigenvalue weighted by Gasteiger charge is -2.30. The number of amides is 1. The Balaban J connectivity index is 2.06. The van der Waals surface area contributed by atoms with Crippen LogP contribution in [0.15, 0.2) is 30.3 Å². The smallest absolute Gasteiger partial charge is 0.237 e. The Hall–Kier alpha value is -1.35. The summed E-state index contributed by atoms with van der Waals surface area (Å²) in [5.74, 6) is 0.146. The van der Waals surface area contributed by atoms with Crippen LogP contribution in [0.4, 0.5) is 0 Å². The maximum Gasteiger partial charge on any atom is 0.237 e. The highest BCUT2D eigenvalue weighted by molar-refractivity contribution is 5.82. The molecular formula is C18H28N2O. The van der Waals surface area contributed by atoms with Gasteiger partial charge in [0.25, 0.3) is 0 Å². The summed E-state index contributed by atoms with van der Waals surface area (Å²) in [5, 5.41) is 6.58. The maximum atomic E-state index is 12.5. The van der Waals surface area contributed by atoms with Gasteiger partial charge < -0.3 is 10.6 Å². The van der Waals surface area contributed by atoms with Crippen molar-refractivity contribution in [2.75, 3.05) is 6.54 Å². The average Bonchev–Trinajstić information content (AvgIpc) is 2.47. The third-order valence-corrected chi connectivity index (χ3v) is 3.96. The molecule has 0 saturated carbocycles. The molecule has 1 aliphatic heterocycles. The Labute approximate surface area is 128 Å². The van der Waals surface area contributed by atoms with Gasteiger partial charge in [-0.05, 0) is 36.8 Å². The topological polar surface area (TPSA) is 41.1 Å². The van der Waals surface area contributed by atoms with Crippen molar-refractivity contribution in [2.24, 2.45) is 5.41 Å². The molecule has 0 spiro atoms. The SMILES string of the molecule is CC(C)(C)CC(NC(=O)[C@H]1CCCCN1)c1ccccc1. The second kappa shape index (κ2) is 7.08. The molecular weight excluding hydrogens is 260 g/mol. The minimum absolute atomic E-state index is 0.0232. The van der Waals surface area contributed by atoms with E-state index in [4.69, 9.17) is 0 Å². The van der Waals surface area contributed by atoms with Gasteiger partial charge in [0.2, 0.25) is 5.91 Å². The standard InChI is InChI=1S/C18H28N2O/c1-18(2,3)13-16(14-9-5-4-6-10-14)20-17(21)15-11-7-8-12-19-15/h4-6,9-10,15-16,19H,7-8,11-13H2,1-3H3,(H,20,21)/t15-,16?/m1/s1. The highest BCUT2D eigenvalue weighted by atomic mass is 16.2. The molecule has 1 heterocycles. The van der Waals surface area contributed by atoms with E-state index in [0.717, 1.165) is 25.8 Å². The highest BCUT2D eigenvalue weighted by Crippen LogP contribution is 2.29. The van der Waals surface area contributed by atoms with Crippen LogP contribution >= 0.6 is 0 Å². The van der Waals surface area contributed by atoms with Crippen molar-refractivity contribution in [3.8, 4) is 0 Å². The van der Waals surface area contributed by atoms with Gasteiger partial charge in [-0.2, -0.15) is 0 Å². The zero-order chi connectivity index (χ0) is 15.3. The van der Waals surface area contributed by atoms with Crippen LogP contribution in [-0.2, 0) is 4.79 Å². The molecule has 1 amide bonds. The van der Waals surface area contributed by atoms with Crippen molar-refractivity contribution in [3.05, 3.63) is 35.9 Å². The first kappa shape index (κ1) is 16.0. The maximum absolute atomic E-state index is 12.5. The molecule has 1 aromatic carbocycles. The van der Waals surface area contributed by atoms with Crippen molar-refractivity contribution in [2.45, 2.75) is 58.5 Å². The number of hydrogen-bond donors (Lipinski definition) is 2. The fraction of sp³-hybridized carbons (Fsp3) is 0.611. The lowest BCUT2D eigenvalue weighted by molar-refractivity contribution is -0.124. The van der Waals surface area contributed by atoms with Crippen LogP contribution in [0.2, 0.25) is 0 Å². The molecule has 3 heteroatoms. The summed E-state index contributed by atoms with van der Waals surface area (Å²) in [6.07, 6.45) is 4.20. The number of carbonyl (C=O) groups is 1. The molecule has 0 radical (unpaired) electrons.